The maximum absolute atomic E-state index is 12.5. The lowest BCUT2D eigenvalue weighted by molar-refractivity contribution is -0.143. The molecule has 2 atom stereocenters. The number of unbranched alkanes of at least 4 members (excludes halogenated alkanes) is 44. The minimum Gasteiger partial charge on any atom is -0.466 e. The number of carbonyl (C=O) groups excluding carboxylic acids is 2. The largest absolute Gasteiger partial charge is 0.466 e. The third-order valence-corrected chi connectivity index (χ3v) is 15.2. The van der Waals surface area contributed by atoms with Crippen molar-refractivity contribution in [2.45, 2.75) is 366 Å². The number of aliphatic hydroxyl groups excluding tert-OH is 2. The number of ether oxygens (including phenoxy) is 1. The van der Waals surface area contributed by atoms with Crippen LogP contribution in [0.5, 0.6) is 0 Å². The van der Waals surface area contributed by atoms with Crippen molar-refractivity contribution in [3.05, 3.63) is 36.5 Å². The van der Waals surface area contributed by atoms with E-state index in [1.165, 1.54) is 270 Å². The van der Waals surface area contributed by atoms with Gasteiger partial charge in [0.15, 0.2) is 0 Å². The Balaban J connectivity index is 3.38. The van der Waals surface area contributed by atoms with Gasteiger partial charge in [0.05, 0.1) is 25.4 Å². The first kappa shape index (κ1) is 71.1. The zero-order valence-corrected chi connectivity index (χ0v) is 49.1. The van der Waals surface area contributed by atoms with Crippen molar-refractivity contribution in [2.75, 3.05) is 13.2 Å². The molecule has 0 heterocycles. The molecule has 0 fully saturated rings. The van der Waals surface area contributed by atoms with E-state index in [0.29, 0.717) is 25.9 Å². The highest BCUT2D eigenvalue weighted by Crippen LogP contribution is 2.18. The van der Waals surface area contributed by atoms with Crippen LogP contribution in [-0.4, -0.2) is 47.4 Å². The third-order valence-electron chi connectivity index (χ3n) is 15.2. The normalized spacial score (nSPS) is 12.8. The zero-order chi connectivity index (χ0) is 52.9. The van der Waals surface area contributed by atoms with Crippen LogP contribution in [0.3, 0.4) is 0 Å². The second-order valence-electron chi connectivity index (χ2n) is 22.4. The lowest BCUT2D eigenvalue weighted by Gasteiger charge is -2.22. The van der Waals surface area contributed by atoms with Crippen LogP contribution in [0, 0.1) is 0 Å². The molecule has 0 aliphatic heterocycles. The predicted octanol–water partition coefficient (Wildman–Crippen LogP) is 20.8. The van der Waals surface area contributed by atoms with E-state index < -0.39 is 12.1 Å². The molecule has 0 aromatic carbocycles. The van der Waals surface area contributed by atoms with Crippen LogP contribution in [-0.2, 0) is 14.3 Å². The SMILES string of the molecule is CCCCCC/C=C\C/C=C\CCCCCCCCCC(=O)OCCCCCCCCCCCCCC/C=C\CCCCCCCCCCCC(=O)NC(CO)C(O)CCCCCCCCCCCCCCC. The summed E-state index contributed by atoms with van der Waals surface area (Å²) in [6.07, 6.45) is 78.8. The second-order valence-corrected chi connectivity index (χ2v) is 22.4. The molecule has 2 unspecified atom stereocenters. The maximum Gasteiger partial charge on any atom is 0.305 e. The standard InChI is InChI=1S/C67H127NO5/c1-3-5-7-9-11-13-15-17-18-19-30-33-37-41-45-49-53-57-61-67(72)73-62-58-54-50-46-42-38-34-31-28-26-24-22-20-21-23-25-27-29-32-36-40-44-48-52-56-60-66(71)68-64(63-69)65(70)59-55-51-47-43-39-35-16-14-12-10-8-6-4-2/h13,15,18-19,21,23,64-65,69-70H,3-12,14,16-17,20,22,24-63H2,1-2H3,(H,68,71)/b15-13-,19-18-,23-21-. The fourth-order valence-electron chi connectivity index (χ4n) is 10.1. The summed E-state index contributed by atoms with van der Waals surface area (Å²) in [5, 5.41) is 23.3. The molecule has 0 rings (SSSR count). The summed E-state index contributed by atoms with van der Waals surface area (Å²) in [5.74, 6) is -0.0309. The minimum absolute atomic E-state index is 0.00632. The first-order valence-corrected chi connectivity index (χ1v) is 32.7. The molecule has 0 aromatic rings. The summed E-state index contributed by atoms with van der Waals surface area (Å²) in [5.41, 5.74) is 0. The Morgan fingerprint density at radius 1 is 0.384 bits per heavy atom. The number of allylic oxidation sites excluding steroid dienone is 6. The van der Waals surface area contributed by atoms with Gasteiger partial charge in [-0.15, -0.1) is 0 Å². The van der Waals surface area contributed by atoms with Crippen LogP contribution >= 0.6 is 0 Å². The summed E-state index contributed by atoms with van der Waals surface area (Å²) in [4.78, 5) is 24.6. The number of carbonyl (C=O) groups is 2. The number of esters is 1. The first-order chi connectivity index (χ1) is 36.0. The van der Waals surface area contributed by atoms with Crippen molar-refractivity contribution < 1.29 is 24.5 Å². The first-order valence-electron chi connectivity index (χ1n) is 32.7. The van der Waals surface area contributed by atoms with Crippen molar-refractivity contribution in [3.63, 3.8) is 0 Å². The highest BCUT2D eigenvalue weighted by Gasteiger charge is 2.20. The number of aliphatic hydroxyl groups is 2. The second kappa shape index (κ2) is 62.6. The van der Waals surface area contributed by atoms with Crippen molar-refractivity contribution in [1.29, 1.82) is 0 Å². The highest BCUT2D eigenvalue weighted by molar-refractivity contribution is 5.76. The highest BCUT2D eigenvalue weighted by atomic mass is 16.5. The van der Waals surface area contributed by atoms with E-state index in [0.717, 1.165) is 51.4 Å². The van der Waals surface area contributed by atoms with Crippen LogP contribution in [0.4, 0.5) is 0 Å². The van der Waals surface area contributed by atoms with Gasteiger partial charge in [0.2, 0.25) is 5.91 Å². The number of amides is 1. The molecule has 1 amide bonds. The molecule has 430 valence electrons. The molecule has 6 nitrogen and oxygen atoms in total. The van der Waals surface area contributed by atoms with Gasteiger partial charge in [-0.3, -0.25) is 9.59 Å². The van der Waals surface area contributed by atoms with Gasteiger partial charge in [-0.25, -0.2) is 0 Å². The molecule has 0 radical (unpaired) electrons. The van der Waals surface area contributed by atoms with Crippen molar-refractivity contribution >= 4 is 11.9 Å². The Bertz CT molecular complexity index is 1180. The number of rotatable bonds is 61. The van der Waals surface area contributed by atoms with Crippen molar-refractivity contribution in [3.8, 4) is 0 Å². The van der Waals surface area contributed by atoms with E-state index in [1.54, 1.807) is 0 Å². The molecule has 0 spiro atoms. The molecule has 0 saturated heterocycles. The van der Waals surface area contributed by atoms with Crippen LogP contribution in [0.2, 0.25) is 0 Å². The third kappa shape index (κ3) is 59.2. The molecule has 0 aliphatic carbocycles. The average Bonchev–Trinajstić information content (AvgIpc) is 3.39. The number of nitrogens with one attached hydrogen (secondary N) is 1. The van der Waals surface area contributed by atoms with Gasteiger partial charge in [0.25, 0.3) is 0 Å². The van der Waals surface area contributed by atoms with E-state index in [1.807, 2.05) is 0 Å². The molecule has 0 bridgehead atoms. The predicted molar refractivity (Wildman–Crippen MR) is 319 cm³/mol. The summed E-state index contributed by atoms with van der Waals surface area (Å²) < 4.78 is 5.50. The minimum atomic E-state index is -0.666. The van der Waals surface area contributed by atoms with Gasteiger partial charge in [-0.1, -0.05) is 294 Å². The molecule has 0 aromatic heterocycles. The Kier molecular flexibility index (Phi) is 61.0. The quantitative estimate of drug-likeness (QED) is 0.0320. The fourth-order valence-corrected chi connectivity index (χ4v) is 10.1. The van der Waals surface area contributed by atoms with E-state index in [4.69, 9.17) is 4.74 Å². The summed E-state index contributed by atoms with van der Waals surface area (Å²) in [6, 6.07) is -0.543. The topological polar surface area (TPSA) is 95.9 Å². The van der Waals surface area contributed by atoms with Gasteiger partial charge in [-0.05, 0) is 83.5 Å². The fraction of sp³-hybridized carbons (Fsp3) is 0.881. The van der Waals surface area contributed by atoms with E-state index >= 15 is 0 Å². The Hall–Kier alpha value is -1.92. The maximum atomic E-state index is 12.5. The van der Waals surface area contributed by atoms with Crippen LogP contribution in [0.25, 0.3) is 0 Å². The van der Waals surface area contributed by atoms with Crippen LogP contribution in [0.1, 0.15) is 354 Å². The molecule has 6 heteroatoms. The van der Waals surface area contributed by atoms with Crippen molar-refractivity contribution in [2.24, 2.45) is 0 Å². The zero-order valence-electron chi connectivity index (χ0n) is 49.1. The lowest BCUT2D eigenvalue weighted by atomic mass is 10.0. The van der Waals surface area contributed by atoms with E-state index in [-0.39, 0.29) is 18.5 Å². The molecule has 0 saturated carbocycles. The van der Waals surface area contributed by atoms with Crippen LogP contribution < -0.4 is 5.32 Å². The smallest absolute Gasteiger partial charge is 0.305 e. The van der Waals surface area contributed by atoms with Gasteiger partial charge >= 0.3 is 5.97 Å². The monoisotopic (exact) mass is 1030 g/mol. The van der Waals surface area contributed by atoms with Gasteiger partial charge in [0, 0.05) is 12.8 Å². The Labute approximate surface area is 455 Å². The summed E-state index contributed by atoms with van der Waals surface area (Å²) >= 11 is 0. The Morgan fingerprint density at radius 3 is 1.07 bits per heavy atom. The molecule has 0 aliphatic rings. The molecular weight excluding hydrogens is 899 g/mol. The van der Waals surface area contributed by atoms with Gasteiger partial charge in [0.1, 0.15) is 0 Å². The summed E-state index contributed by atoms with van der Waals surface area (Å²) in [7, 11) is 0. The molecule has 73 heavy (non-hydrogen) atoms. The van der Waals surface area contributed by atoms with Crippen LogP contribution in [0.15, 0.2) is 36.5 Å². The lowest BCUT2D eigenvalue weighted by Crippen LogP contribution is -2.45. The molecule has 3 N–H and O–H groups in total. The van der Waals surface area contributed by atoms with E-state index in [9.17, 15) is 19.8 Å². The number of hydrogen-bond acceptors (Lipinski definition) is 5. The van der Waals surface area contributed by atoms with E-state index in [2.05, 4.69) is 55.6 Å². The average molecular weight is 1030 g/mol. The van der Waals surface area contributed by atoms with Gasteiger partial charge < -0.3 is 20.3 Å². The van der Waals surface area contributed by atoms with Gasteiger partial charge in [-0.2, -0.15) is 0 Å². The Morgan fingerprint density at radius 2 is 0.685 bits per heavy atom. The van der Waals surface area contributed by atoms with Crippen molar-refractivity contribution in [1.82, 2.24) is 5.32 Å². The summed E-state index contributed by atoms with van der Waals surface area (Å²) in [6.45, 7) is 4.95. The molecular formula is C67H127NO5. The number of hydrogen-bond donors (Lipinski definition) is 3.